The Morgan fingerprint density at radius 1 is 1.29 bits per heavy atom. The Hall–Kier alpha value is -0.100. The van der Waals surface area contributed by atoms with Gasteiger partial charge in [-0.3, -0.25) is 0 Å². The second kappa shape index (κ2) is 7.44. The highest BCUT2D eigenvalue weighted by atomic mass is 79.9. The summed E-state index contributed by atoms with van der Waals surface area (Å²) in [6.07, 6.45) is 6.55. The molecule has 1 N–H and O–H groups in total. The van der Waals surface area contributed by atoms with E-state index in [0.717, 1.165) is 31.6 Å². The summed E-state index contributed by atoms with van der Waals surface area (Å²) < 4.78 is 28.2. The lowest BCUT2D eigenvalue weighted by Gasteiger charge is -2.28. The zero-order chi connectivity index (χ0) is 15.5. The van der Waals surface area contributed by atoms with E-state index in [2.05, 4.69) is 27.6 Å². The zero-order valence-corrected chi connectivity index (χ0v) is 15.3. The van der Waals surface area contributed by atoms with Crippen molar-refractivity contribution < 1.29 is 8.42 Å². The van der Waals surface area contributed by atoms with E-state index in [0.29, 0.717) is 9.50 Å². The fraction of sp³-hybridized carbons (Fsp3) is 0.600. The van der Waals surface area contributed by atoms with E-state index in [1.807, 2.05) is 0 Å². The summed E-state index contributed by atoms with van der Waals surface area (Å²) in [5.74, 6) is 0.764. The van der Waals surface area contributed by atoms with Crippen molar-refractivity contribution >= 4 is 37.6 Å². The quantitative estimate of drug-likeness (QED) is 0.784. The minimum absolute atomic E-state index is 0.0533. The van der Waals surface area contributed by atoms with Crippen LogP contribution in [0.3, 0.4) is 0 Å². The van der Waals surface area contributed by atoms with Crippen LogP contribution in [0, 0.1) is 5.92 Å². The first-order valence-corrected chi connectivity index (χ1v) is 10.0. The Morgan fingerprint density at radius 2 is 1.95 bits per heavy atom. The molecule has 118 valence electrons. The van der Waals surface area contributed by atoms with Crippen molar-refractivity contribution in [2.45, 2.75) is 56.4 Å². The van der Waals surface area contributed by atoms with Crippen molar-refractivity contribution in [1.29, 1.82) is 0 Å². The van der Waals surface area contributed by atoms with Crippen LogP contribution >= 0.6 is 27.5 Å². The van der Waals surface area contributed by atoms with E-state index in [9.17, 15) is 8.42 Å². The van der Waals surface area contributed by atoms with E-state index in [-0.39, 0.29) is 10.9 Å². The lowest BCUT2D eigenvalue weighted by molar-refractivity contribution is 0.297. The molecule has 1 saturated carbocycles. The molecule has 1 aliphatic rings. The molecule has 1 aromatic rings. The van der Waals surface area contributed by atoms with Crippen molar-refractivity contribution in [3.63, 3.8) is 0 Å². The molecule has 6 heteroatoms. The molecule has 1 aromatic carbocycles. The summed E-state index contributed by atoms with van der Waals surface area (Å²) in [6.45, 7) is 2.20. The van der Waals surface area contributed by atoms with Gasteiger partial charge in [-0.1, -0.05) is 31.4 Å². The molecule has 0 aromatic heterocycles. The van der Waals surface area contributed by atoms with Crippen molar-refractivity contribution in [3.05, 3.63) is 27.7 Å². The molecule has 0 bridgehead atoms. The molecule has 2 rings (SSSR count). The fourth-order valence-corrected chi connectivity index (χ4v) is 4.89. The van der Waals surface area contributed by atoms with E-state index in [1.165, 1.54) is 18.9 Å². The molecular formula is C15H21BrClNO2S. The van der Waals surface area contributed by atoms with E-state index in [4.69, 9.17) is 11.6 Å². The summed E-state index contributed by atoms with van der Waals surface area (Å²) in [5, 5.41) is 0.508. The zero-order valence-electron chi connectivity index (χ0n) is 12.1. The van der Waals surface area contributed by atoms with Crippen LogP contribution in [0.25, 0.3) is 0 Å². The molecule has 21 heavy (non-hydrogen) atoms. The van der Waals surface area contributed by atoms with Gasteiger partial charge in [-0.2, -0.15) is 0 Å². The van der Waals surface area contributed by atoms with Crippen LogP contribution in [0.1, 0.15) is 45.4 Å². The number of benzene rings is 1. The summed E-state index contributed by atoms with van der Waals surface area (Å²) in [7, 11) is -3.47. The molecule has 0 radical (unpaired) electrons. The molecule has 1 fully saturated rings. The summed E-state index contributed by atoms with van der Waals surface area (Å²) in [4.78, 5) is 0.259. The van der Waals surface area contributed by atoms with E-state index < -0.39 is 10.0 Å². The first kappa shape index (κ1) is 17.3. The topological polar surface area (TPSA) is 46.2 Å². The van der Waals surface area contributed by atoms with Crippen LogP contribution in [0.2, 0.25) is 5.02 Å². The summed E-state index contributed by atoms with van der Waals surface area (Å²) in [5.41, 5.74) is 0. The maximum atomic E-state index is 12.4. The van der Waals surface area contributed by atoms with Crippen molar-refractivity contribution in [2.24, 2.45) is 5.92 Å². The van der Waals surface area contributed by atoms with Crippen molar-refractivity contribution in [1.82, 2.24) is 4.72 Å². The average Bonchev–Trinajstić information content (AvgIpc) is 2.44. The molecule has 0 aliphatic heterocycles. The maximum absolute atomic E-state index is 12.4. The fourth-order valence-electron chi connectivity index (χ4n) is 2.91. The van der Waals surface area contributed by atoms with Gasteiger partial charge in [-0.05, 0) is 65.7 Å². The normalized spacial score (nSPS) is 23.2. The smallest absolute Gasteiger partial charge is 0.208 e. The second-order valence-corrected chi connectivity index (χ2v) is 8.68. The Labute approximate surface area is 140 Å². The van der Waals surface area contributed by atoms with Crippen LogP contribution in [-0.4, -0.2) is 14.5 Å². The Kier molecular flexibility index (Phi) is 6.12. The largest absolute Gasteiger partial charge is 0.240 e. The Bertz CT molecular complexity index is 583. The lowest BCUT2D eigenvalue weighted by atomic mass is 9.84. The minimum atomic E-state index is -3.47. The number of hydrogen-bond donors (Lipinski definition) is 1. The molecule has 0 heterocycles. The first-order valence-electron chi connectivity index (χ1n) is 7.39. The third kappa shape index (κ3) is 4.68. The third-order valence-electron chi connectivity index (χ3n) is 4.07. The third-order valence-corrected chi connectivity index (χ3v) is 6.80. The summed E-state index contributed by atoms with van der Waals surface area (Å²) >= 11 is 9.17. The Morgan fingerprint density at radius 3 is 2.52 bits per heavy atom. The van der Waals surface area contributed by atoms with Gasteiger partial charge in [-0.15, -0.1) is 0 Å². The standard InChI is InChI=1S/C15H21BrClNO2S/c1-2-3-11-4-6-12(7-5-11)18-21(19,20)13-8-9-15(17)14(16)10-13/h8-12,18H,2-7H2,1H3. The van der Waals surface area contributed by atoms with Crippen molar-refractivity contribution in [3.8, 4) is 0 Å². The maximum Gasteiger partial charge on any atom is 0.240 e. The average molecular weight is 395 g/mol. The van der Waals surface area contributed by atoms with E-state index >= 15 is 0 Å². The number of hydrogen-bond acceptors (Lipinski definition) is 2. The number of halogens is 2. The second-order valence-electron chi connectivity index (χ2n) is 5.70. The number of nitrogens with one attached hydrogen (secondary N) is 1. The number of sulfonamides is 1. The van der Waals surface area contributed by atoms with Gasteiger partial charge in [0.25, 0.3) is 0 Å². The molecule has 3 nitrogen and oxygen atoms in total. The van der Waals surface area contributed by atoms with Gasteiger partial charge < -0.3 is 0 Å². The molecule has 0 atom stereocenters. The molecule has 0 amide bonds. The molecule has 0 spiro atoms. The van der Waals surface area contributed by atoms with Gasteiger partial charge in [0.05, 0.1) is 9.92 Å². The Balaban J connectivity index is 2.00. The highest BCUT2D eigenvalue weighted by Crippen LogP contribution is 2.29. The van der Waals surface area contributed by atoms with Gasteiger partial charge >= 0.3 is 0 Å². The SMILES string of the molecule is CCCC1CCC(NS(=O)(=O)c2ccc(Cl)c(Br)c2)CC1. The number of rotatable bonds is 5. The molecule has 1 aliphatic carbocycles. The van der Waals surface area contributed by atoms with Gasteiger partial charge in [-0.25, -0.2) is 13.1 Å². The van der Waals surface area contributed by atoms with Crippen LogP contribution in [0.4, 0.5) is 0 Å². The van der Waals surface area contributed by atoms with Crippen molar-refractivity contribution in [2.75, 3.05) is 0 Å². The minimum Gasteiger partial charge on any atom is -0.208 e. The predicted molar refractivity (Wildman–Crippen MR) is 90.1 cm³/mol. The van der Waals surface area contributed by atoms with Gasteiger partial charge in [0.2, 0.25) is 10.0 Å². The molecule has 0 saturated heterocycles. The van der Waals surface area contributed by atoms with Gasteiger partial charge in [0.15, 0.2) is 0 Å². The lowest BCUT2D eigenvalue weighted by Crippen LogP contribution is -2.37. The predicted octanol–water partition coefficient (Wildman–Crippen LogP) is 4.74. The summed E-state index contributed by atoms with van der Waals surface area (Å²) in [6, 6.07) is 4.74. The highest BCUT2D eigenvalue weighted by Gasteiger charge is 2.25. The van der Waals surface area contributed by atoms with Crippen LogP contribution < -0.4 is 4.72 Å². The van der Waals surface area contributed by atoms with Crippen LogP contribution in [-0.2, 0) is 10.0 Å². The van der Waals surface area contributed by atoms with Crippen LogP contribution in [0.5, 0.6) is 0 Å². The monoisotopic (exact) mass is 393 g/mol. The molecule has 0 unspecified atom stereocenters. The van der Waals surface area contributed by atoms with Gasteiger partial charge in [0, 0.05) is 10.5 Å². The van der Waals surface area contributed by atoms with E-state index in [1.54, 1.807) is 12.1 Å². The first-order chi connectivity index (χ1) is 9.92. The van der Waals surface area contributed by atoms with Gasteiger partial charge in [0.1, 0.15) is 0 Å². The van der Waals surface area contributed by atoms with Crippen LogP contribution in [0.15, 0.2) is 27.6 Å². The molecular weight excluding hydrogens is 374 g/mol. The highest BCUT2D eigenvalue weighted by molar-refractivity contribution is 9.10.